The summed E-state index contributed by atoms with van der Waals surface area (Å²) in [6, 6.07) is 1.50. The van der Waals surface area contributed by atoms with E-state index in [0.717, 1.165) is 0 Å². The summed E-state index contributed by atoms with van der Waals surface area (Å²) in [5.74, 6) is -0.336. The van der Waals surface area contributed by atoms with E-state index in [1.165, 1.54) is 18.5 Å². The average Bonchev–Trinajstić information content (AvgIpc) is 2.39. The predicted molar refractivity (Wildman–Crippen MR) is 67.4 cm³/mol. The number of nitrogens with two attached hydrogens (primary N) is 1. The minimum atomic E-state index is -0.228. The van der Waals surface area contributed by atoms with Crippen molar-refractivity contribution >= 4 is 5.91 Å². The first-order valence-corrected chi connectivity index (χ1v) is 5.90. The van der Waals surface area contributed by atoms with Crippen LogP contribution in [0.1, 0.15) is 17.3 Å². The highest BCUT2D eigenvalue weighted by Crippen LogP contribution is 2.16. The number of rotatable bonds is 7. The first kappa shape index (κ1) is 14.4. The number of carbonyl (C=O) groups is 1. The fourth-order valence-corrected chi connectivity index (χ4v) is 1.50. The maximum atomic E-state index is 12.1. The summed E-state index contributed by atoms with van der Waals surface area (Å²) in [5.41, 5.74) is 5.56. The number of hydrogen-bond acceptors (Lipinski definition) is 5. The predicted octanol–water partition coefficient (Wildman–Crippen LogP) is 0.225. The number of hydrogen-bond donors (Lipinski definition) is 2. The van der Waals surface area contributed by atoms with Crippen LogP contribution in [0.25, 0.3) is 0 Å². The van der Waals surface area contributed by atoms with Crippen molar-refractivity contribution in [2.24, 2.45) is 5.73 Å². The molecule has 0 saturated carbocycles. The monoisotopic (exact) mass is 253 g/mol. The Morgan fingerprint density at radius 3 is 2.94 bits per heavy atom. The fraction of sp³-hybridized carbons (Fsp3) is 0.500. The van der Waals surface area contributed by atoms with Crippen LogP contribution in [0.15, 0.2) is 18.5 Å². The minimum absolute atomic E-state index is 0.108. The molecule has 0 unspecified atom stereocenters. The molecule has 1 amide bonds. The third-order valence-electron chi connectivity index (χ3n) is 2.47. The number of aromatic nitrogens is 1. The van der Waals surface area contributed by atoms with Crippen LogP contribution in [0.2, 0.25) is 0 Å². The van der Waals surface area contributed by atoms with Gasteiger partial charge in [-0.2, -0.15) is 0 Å². The SMILES string of the molecule is CCN(CCOCCN)C(=O)c1ccncc1O. The number of pyridine rings is 1. The Balaban J connectivity index is 2.59. The number of amides is 1. The highest BCUT2D eigenvalue weighted by molar-refractivity contribution is 5.96. The van der Waals surface area contributed by atoms with Crippen molar-refractivity contribution < 1.29 is 14.6 Å². The zero-order chi connectivity index (χ0) is 13.4. The van der Waals surface area contributed by atoms with Gasteiger partial charge in [-0.15, -0.1) is 0 Å². The van der Waals surface area contributed by atoms with Crippen LogP contribution in [0, 0.1) is 0 Å². The summed E-state index contributed by atoms with van der Waals surface area (Å²) in [6.45, 7) is 4.27. The lowest BCUT2D eigenvalue weighted by Crippen LogP contribution is -2.34. The van der Waals surface area contributed by atoms with Gasteiger partial charge in [0.05, 0.1) is 25.0 Å². The van der Waals surface area contributed by atoms with Crippen molar-refractivity contribution in [3.63, 3.8) is 0 Å². The maximum Gasteiger partial charge on any atom is 0.257 e. The molecule has 0 aliphatic rings. The Labute approximate surface area is 106 Å². The van der Waals surface area contributed by atoms with Crippen LogP contribution in [0.5, 0.6) is 5.75 Å². The van der Waals surface area contributed by atoms with Crippen LogP contribution >= 0.6 is 0 Å². The smallest absolute Gasteiger partial charge is 0.257 e. The topological polar surface area (TPSA) is 88.7 Å². The molecular weight excluding hydrogens is 234 g/mol. The summed E-state index contributed by atoms with van der Waals surface area (Å²) in [4.78, 5) is 17.5. The summed E-state index contributed by atoms with van der Waals surface area (Å²) < 4.78 is 5.24. The number of aromatic hydroxyl groups is 1. The Morgan fingerprint density at radius 2 is 2.33 bits per heavy atom. The second kappa shape index (κ2) is 7.62. The highest BCUT2D eigenvalue weighted by Gasteiger charge is 2.17. The molecule has 3 N–H and O–H groups in total. The normalized spacial score (nSPS) is 10.3. The van der Waals surface area contributed by atoms with E-state index >= 15 is 0 Å². The summed E-state index contributed by atoms with van der Waals surface area (Å²) in [6.07, 6.45) is 2.73. The molecule has 1 rings (SSSR count). The minimum Gasteiger partial charge on any atom is -0.505 e. The molecule has 100 valence electrons. The first-order chi connectivity index (χ1) is 8.70. The van der Waals surface area contributed by atoms with E-state index in [1.54, 1.807) is 4.90 Å². The average molecular weight is 253 g/mol. The number of nitrogens with zero attached hydrogens (tertiary/aromatic N) is 2. The molecular formula is C12H19N3O3. The van der Waals surface area contributed by atoms with Gasteiger partial charge in [0.15, 0.2) is 0 Å². The Kier molecular flexibility index (Phi) is 6.10. The lowest BCUT2D eigenvalue weighted by atomic mass is 10.2. The van der Waals surface area contributed by atoms with Gasteiger partial charge < -0.3 is 20.5 Å². The summed E-state index contributed by atoms with van der Waals surface area (Å²) in [7, 11) is 0. The largest absolute Gasteiger partial charge is 0.505 e. The van der Waals surface area contributed by atoms with Crippen molar-refractivity contribution in [1.82, 2.24) is 9.88 Å². The van der Waals surface area contributed by atoms with Gasteiger partial charge in [0.2, 0.25) is 0 Å². The van der Waals surface area contributed by atoms with E-state index in [2.05, 4.69) is 4.98 Å². The number of ether oxygens (including phenoxy) is 1. The molecule has 18 heavy (non-hydrogen) atoms. The maximum absolute atomic E-state index is 12.1. The van der Waals surface area contributed by atoms with Gasteiger partial charge in [-0.25, -0.2) is 0 Å². The van der Waals surface area contributed by atoms with Gasteiger partial charge in [0.25, 0.3) is 5.91 Å². The molecule has 0 aliphatic heterocycles. The van der Waals surface area contributed by atoms with Crippen molar-refractivity contribution in [3.05, 3.63) is 24.0 Å². The van der Waals surface area contributed by atoms with E-state index < -0.39 is 0 Å². The van der Waals surface area contributed by atoms with Gasteiger partial charge in [0.1, 0.15) is 5.75 Å². The van der Waals surface area contributed by atoms with Crippen LogP contribution in [-0.2, 0) is 4.74 Å². The third kappa shape index (κ3) is 3.97. The highest BCUT2D eigenvalue weighted by atomic mass is 16.5. The quantitative estimate of drug-likeness (QED) is 0.679. The Bertz CT molecular complexity index is 385. The molecule has 0 radical (unpaired) electrons. The van der Waals surface area contributed by atoms with Gasteiger partial charge in [0, 0.05) is 25.8 Å². The van der Waals surface area contributed by atoms with E-state index in [4.69, 9.17) is 10.5 Å². The number of likely N-dealkylation sites (N-methyl/N-ethyl adjacent to an activating group) is 1. The molecule has 0 aliphatic carbocycles. The van der Waals surface area contributed by atoms with Crippen LogP contribution < -0.4 is 5.73 Å². The van der Waals surface area contributed by atoms with Crippen LogP contribution in [-0.4, -0.2) is 53.7 Å². The molecule has 6 nitrogen and oxygen atoms in total. The van der Waals surface area contributed by atoms with Gasteiger partial charge in [-0.3, -0.25) is 9.78 Å². The van der Waals surface area contributed by atoms with Crippen molar-refractivity contribution in [3.8, 4) is 5.75 Å². The van der Waals surface area contributed by atoms with Crippen molar-refractivity contribution in [2.45, 2.75) is 6.92 Å². The lowest BCUT2D eigenvalue weighted by Gasteiger charge is -2.21. The van der Waals surface area contributed by atoms with E-state index in [0.29, 0.717) is 32.8 Å². The number of carbonyl (C=O) groups excluding carboxylic acids is 1. The molecule has 1 aromatic rings. The van der Waals surface area contributed by atoms with Crippen LogP contribution in [0.3, 0.4) is 0 Å². The van der Waals surface area contributed by atoms with Crippen LogP contribution in [0.4, 0.5) is 0 Å². The second-order valence-electron chi connectivity index (χ2n) is 3.68. The van der Waals surface area contributed by atoms with E-state index in [1.807, 2.05) is 6.92 Å². The van der Waals surface area contributed by atoms with Gasteiger partial charge >= 0.3 is 0 Å². The molecule has 1 heterocycles. The molecule has 0 spiro atoms. The molecule has 0 atom stereocenters. The van der Waals surface area contributed by atoms with Gasteiger partial charge in [-0.1, -0.05) is 0 Å². The molecule has 0 fully saturated rings. The molecule has 6 heteroatoms. The summed E-state index contributed by atoms with van der Waals surface area (Å²) in [5, 5.41) is 9.58. The first-order valence-electron chi connectivity index (χ1n) is 5.90. The molecule has 1 aromatic heterocycles. The molecule has 0 saturated heterocycles. The molecule has 0 aromatic carbocycles. The van der Waals surface area contributed by atoms with Gasteiger partial charge in [-0.05, 0) is 13.0 Å². The summed E-state index contributed by atoms with van der Waals surface area (Å²) >= 11 is 0. The zero-order valence-electron chi connectivity index (χ0n) is 10.5. The third-order valence-corrected chi connectivity index (χ3v) is 2.47. The van der Waals surface area contributed by atoms with E-state index in [-0.39, 0.29) is 17.2 Å². The molecule has 0 bridgehead atoms. The second-order valence-corrected chi connectivity index (χ2v) is 3.68. The Hall–Kier alpha value is -1.66. The van der Waals surface area contributed by atoms with E-state index in [9.17, 15) is 9.90 Å². The standard InChI is InChI=1S/C12H19N3O3/c1-2-15(6-8-18-7-4-13)12(17)10-3-5-14-9-11(10)16/h3,5,9,16H,2,4,6-8,13H2,1H3. The fourth-order valence-electron chi connectivity index (χ4n) is 1.50. The van der Waals surface area contributed by atoms with Crippen molar-refractivity contribution in [2.75, 3.05) is 32.8 Å². The Morgan fingerprint density at radius 1 is 1.56 bits per heavy atom. The van der Waals surface area contributed by atoms with Crippen molar-refractivity contribution in [1.29, 1.82) is 0 Å². The lowest BCUT2D eigenvalue weighted by molar-refractivity contribution is 0.0660. The zero-order valence-corrected chi connectivity index (χ0v) is 10.5.